The van der Waals surface area contributed by atoms with E-state index < -0.39 is 0 Å². The summed E-state index contributed by atoms with van der Waals surface area (Å²) in [6, 6.07) is 0. The monoisotopic (exact) mass is 212 g/mol. The van der Waals surface area contributed by atoms with Crippen LogP contribution in [0.5, 0.6) is 0 Å². The largest absolute Gasteiger partial charge is 0.364 e. The maximum Gasteiger partial charge on any atom is 0.156 e. The zero-order chi connectivity index (χ0) is 10.0. The van der Waals surface area contributed by atoms with Crippen LogP contribution in [0.25, 0.3) is 0 Å². The average Bonchev–Trinajstić information content (AvgIpc) is 2.86. The van der Waals surface area contributed by atoms with Crippen LogP contribution in [0, 0.1) is 5.41 Å². The molecular formula is C11H20N2S. The molecule has 2 aliphatic rings. The maximum absolute atomic E-state index is 4.52. The first kappa shape index (κ1) is 10.3. The Kier molecular flexibility index (Phi) is 3.05. The molecule has 0 amide bonds. The molecule has 0 aromatic heterocycles. The number of aliphatic imine (C=N–C) groups is 1. The summed E-state index contributed by atoms with van der Waals surface area (Å²) in [7, 11) is 0. The van der Waals surface area contributed by atoms with Crippen LogP contribution >= 0.6 is 11.8 Å². The smallest absolute Gasteiger partial charge is 0.156 e. The molecule has 1 fully saturated rings. The molecule has 1 unspecified atom stereocenters. The second-order valence-electron chi connectivity index (χ2n) is 4.50. The quantitative estimate of drug-likeness (QED) is 0.775. The fourth-order valence-electron chi connectivity index (χ4n) is 1.82. The lowest BCUT2D eigenvalue weighted by Crippen LogP contribution is -2.27. The summed E-state index contributed by atoms with van der Waals surface area (Å²) < 4.78 is 0. The lowest BCUT2D eigenvalue weighted by Gasteiger charge is -2.14. The second-order valence-corrected chi connectivity index (χ2v) is 5.79. The number of hydrogen-bond donors (Lipinski definition) is 1. The van der Waals surface area contributed by atoms with Crippen LogP contribution in [0.4, 0.5) is 0 Å². The van der Waals surface area contributed by atoms with E-state index >= 15 is 0 Å². The SMILES string of the molecule is CCC1CN=C(NCC2(CC)CC2)S1. The van der Waals surface area contributed by atoms with Gasteiger partial charge in [-0.2, -0.15) is 0 Å². The molecule has 0 bridgehead atoms. The Hall–Kier alpha value is -0.180. The molecule has 3 heteroatoms. The second kappa shape index (κ2) is 4.13. The van der Waals surface area contributed by atoms with Crippen molar-refractivity contribution in [1.29, 1.82) is 0 Å². The van der Waals surface area contributed by atoms with Crippen molar-refractivity contribution in [3.05, 3.63) is 0 Å². The van der Waals surface area contributed by atoms with Gasteiger partial charge in [-0.3, -0.25) is 4.99 Å². The minimum absolute atomic E-state index is 0.632. The topological polar surface area (TPSA) is 24.4 Å². The van der Waals surface area contributed by atoms with Crippen LogP contribution in [0.3, 0.4) is 0 Å². The van der Waals surface area contributed by atoms with Gasteiger partial charge in [0.2, 0.25) is 0 Å². The molecule has 1 N–H and O–H groups in total. The molecule has 2 nitrogen and oxygen atoms in total. The van der Waals surface area contributed by atoms with Crippen molar-refractivity contribution in [1.82, 2.24) is 5.32 Å². The zero-order valence-electron chi connectivity index (χ0n) is 9.18. The van der Waals surface area contributed by atoms with E-state index in [-0.39, 0.29) is 0 Å². The Morgan fingerprint density at radius 2 is 2.29 bits per heavy atom. The van der Waals surface area contributed by atoms with Gasteiger partial charge >= 0.3 is 0 Å². The molecule has 0 aromatic carbocycles. The molecule has 0 aromatic rings. The van der Waals surface area contributed by atoms with Gasteiger partial charge in [0.05, 0.1) is 6.54 Å². The molecule has 0 saturated heterocycles. The molecule has 1 aliphatic carbocycles. The highest BCUT2D eigenvalue weighted by Gasteiger charge is 2.40. The van der Waals surface area contributed by atoms with Crippen molar-refractivity contribution in [2.24, 2.45) is 10.4 Å². The minimum Gasteiger partial charge on any atom is -0.364 e. The van der Waals surface area contributed by atoms with E-state index in [1.807, 2.05) is 11.8 Å². The molecule has 0 spiro atoms. The Morgan fingerprint density at radius 1 is 1.50 bits per heavy atom. The van der Waals surface area contributed by atoms with E-state index in [1.165, 1.54) is 30.9 Å². The molecule has 2 rings (SSSR count). The molecule has 0 radical (unpaired) electrons. The van der Waals surface area contributed by atoms with E-state index in [9.17, 15) is 0 Å². The van der Waals surface area contributed by atoms with Gasteiger partial charge in [-0.25, -0.2) is 0 Å². The van der Waals surface area contributed by atoms with E-state index in [4.69, 9.17) is 0 Å². The van der Waals surface area contributed by atoms with Crippen molar-refractivity contribution >= 4 is 16.9 Å². The van der Waals surface area contributed by atoms with Crippen LogP contribution in [-0.2, 0) is 0 Å². The fraction of sp³-hybridized carbons (Fsp3) is 0.909. The molecule has 1 saturated carbocycles. The van der Waals surface area contributed by atoms with E-state index in [0.717, 1.165) is 18.3 Å². The highest BCUT2D eigenvalue weighted by atomic mass is 32.2. The lowest BCUT2D eigenvalue weighted by molar-refractivity contribution is 0.483. The Labute approximate surface area is 90.9 Å². The van der Waals surface area contributed by atoms with Crippen molar-refractivity contribution < 1.29 is 0 Å². The molecule has 1 atom stereocenters. The van der Waals surface area contributed by atoms with Gasteiger partial charge in [-0.05, 0) is 31.1 Å². The predicted molar refractivity (Wildman–Crippen MR) is 63.9 cm³/mol. The maximum atomic E-state index is 4.52. The van der Waals surface area contributed by atoms with Gasteiger partial charge < -0.3 is 5.32 Å². The summed E-state index contributed by atoms with van der Waals surface area (Å²) in [6.45, 7) is 6.70. The third-order valence-electron chi connectivity index (χ3n) is 3.49. The fourth-order valence-corrected chi connectivity index (χ4v) is 2.76. The number of hydrogen-bond acceptors (Lipinski definition) is 3. The summed E-state index contributed by atoms with van der Waals surface area (Å²) in [6.07, 6.45) is 5.37. The standard InChI is InChI=1S/C11H20N2S/c1-3-9-7-12-10(14-9)13-8-11(4-2)5-6-11/h9H,3-8H2,1-2H3,(H,12,13). The van der Waals surface area contributed by atoms with Crippen LogP contribution in [0.15, 0.2) is 4.99 Å². The number of rotatable bonds is 4. The predicted octanol–water partition coefficient (Wildman–Crippen LogP) is 2.65. The molecule has 80 valence electrons. The average molecular weight is 212 g/mol. The van der Waals surface area contributed by atoms with Crippen LogP contribution in [0.1, 0.15) is 39.5 Å². The molecule has 14 heavy (non-hydrogen) atoms. The van der Waals surface area contributed by atoms with Crippen molar-refractivity contribution in [3.8, 4) is 0 Å². The first-order chi connectivity index (χ1) is 6.78. The number of nitrogens with zero attached hydrogens (tertiary/aromatic N) is 1. The number of thioether (sulfide) groups is 1. The van der Waals surface area contributed by atoms with Crippen LogP contribution < -0.4 is 5.32 Å². The van der Waals surface area contributed by atoms with Crippen molar-refractivity contribution in [2.75, 3.05) is 13.1 Å². The summed E-state index contributed by atoms with van der Waals surface area (Å²) in [5.41, 5.74) is 0.632. The van der Waals surface area contributed by atoms with Gasteiger partial charge in [-0.1, -0.05) is 25.6 Å². The first-order valence-corrected chi connectivity index (χ1v) is 6.61. The minimum atomic E-state index is 0.632. The third kappa shape index (κ3) is 2.25. The Bertz CT molecular complexity index is 233. The molecule has 1 aliphatic heterocycles. The molecular weight excluding hydrogens is 192 g/mol. The van der Waals surface area contributed by atoms with E-state index in [0.29, 0.717) is 5.41 Å². The van der Waals surface area contributed by atoms with Gasteiger partial charge in [0.15, 0.2) is 5.17 Å². The third-order valence-corrected chi connectivity index (χ3v) is 4.81. The normalized spacial score (nSPS) is 28.7. The first-order valence-electron chi connectivity index (χ1n) is 5.73. The number of nitrogens with one attached hydrogen (secondary N) is 1. The van der Waals surface area contributed by atoms with Gasteiger partial charge in [-0.15, -0.1) is 0 Å². The van der Waals surface area contributed by atoms with Gasteiger partial charge in [0, 0.05) is 11.8 Å². The summed E-state index contributed by atoms with van der Waals surface area (Å²) in [5, 5.41) is 5.43. The van der Waals surface area contributed by atoms with Crippen molar-refractivity contribution in [3.63, 3.8) is 0 Å². The van der Waals surface area contributed by atoms with Gasteiger partial charge in [0.1, 0.15) is 0 Å². The Balaban J connectivity index is 1.72. The number of amidine groups is 1. The van der Waals surface area contributed by atoms with Crippen LogP contribution in [0.2, 0.25) is 0 Å². The van der Waals surface area contributed by atoms with Crippen molar-refractivity contribution in [2.45, 2.75) is 44.8 Å². The van der Waals surface area contributed by atoms with E-state index in [2.05, 4.69) is 24.2 Å². The molecule has 1 heterocycles. The highest BCUT2D eigenvalue weighted by Crippen LogP contribution is 2.48. The lowest BCUT2D eigenvalue weighted by atomic mass is 10.0. The van der Waals surface area contributed by atoms with Gasteiger partial charge in [0.25, 0.3) is 0 Å². The zero-order valence-corrected chi connectivity index (χ0v) is 9.99. The highest BCUT2D eigenvalue weighted by molar-refractivity contribution is 8.14. The van der Waals surface area contributed by atoms with Crippen LogP contribution in [-0.4, -0.2) is 23.5 Å². The Morgan fingerprint density at radius 3 is 2.79 bits per heavy atom. The summed E-state index contributed by atoms with van der Waals surface area (Å²) in [5.74, 6) is 0. The summed E-state index contributed by atoms with van der Waals surface area (Å²) >= 11 is 1.93. The summed E-state index contributed by atoms with van der Waals surface area (Å²) in [4.78, 5) is 4.52. The van der Waals surface area contributed by atoms with E-state index in [1.54, 1.807) is 0 Å².